The van der Waals surface area contributed by atoms with Crippen LogP contribution in [0.4, 0.5) is 5.00 Å². The van der Waals surface area contributed by atoms with Crippen molar-refractivity contribution in [1.82, 2.24) is 0 Å². The number of esters is 1. The lowest BCUT2D eigenvalue weighted by Gasteiger charge is -2.26. The summed E-state index contributed by atoms with van der Waals surface area (Å²) in [5.41, 5.74) is 4.22. The molecule has 0 fully saturated rings. The highest BCUT2D eigenvalue weighted by Gasteiger charge is 2.25. The average molecular weight is 500 g/mol. The van der Waals surface area contributed by atoms with Gasteiger partial charge in [-0.2, -0.15) is 0 Å². The molecule has 1 heterocycles. The SMILES string of the molecule is COC(=O)c1c(NC(=O)COc2ccc(C(C)(C)c3ccccc3)cc2)sc(C)c1-c1ccccc1. The standard InChI is InChI=1S/C30H29NO4S/c1-20-26(21-11-7-5-8-12-21)27(29(33)34-4)28(36-20)31-25(32)19-35-24-17-15-23(16-18-24)30(2,3)22-13-9-6-10-14-22/h5-18H,19H2,1-4H3,(H,31,32). The van der Waals surface area contributed by atoms with Crippen molar-refractivity contribution >= 4 is 28.2 Å². The van der Waals surface area contributed by atoms with Gasteiger partial charge in [0.15, 0.2) is 6.61 Å². The predicted molar refractivity (Wildman–Crippen MR) is 145 cm³/mol. The third-order valence-corrected chi connectivity index (χ3v) is 7.25. The Balaban J connectivity index is 1.46. The minimum absolute atomic E-state index is 0.158. The lowest BCUT2D eigenvalue weighted by Crippen LogP contribution is -2.21. The molecule has 4 aromatic rings. The van der Waals surface area contributed by atoms with Crippen molar-refractivity contribution in [3.05, 3.63) is 106 Å². The number of nitrogens with one attached hydrogen (secondary N) is 1. The van der Waals surface area contributed by atoms with Crippen LogP contribution in [-0.4, -0.2) is 25.6 Å². The smallest absolute Gasteiger partial charge is 0.341 e. The summed E-state index contributed by atoms with van der Waals surface area (Å²) in [5.74, 6) is -0.251. The van der Waals surface area contributed by atoms with Gasteiger partial charge < -0.3 is 14.8 Å². The first-order valence-electron chi connectivity index (χ1n) is 11.7. The van der Waals surface area contributed by atoms with Gasteiger partial charge >= 0.3 is 5.97 Å². The number of hydrogen-bond donors (Lipinski definition) is 1. The maximum atomic E-state index is 12.7. The number of hydrogen-bond acceptors (Lipinski definition) is 5. The maximum absolute atomic E-state index is 12.7. The van der Waals surface area contributed by atoms with Gasteiger partial charge in [-0.1, -0.05) is 86.6 Å². The van der Waals surface area contributed by atoms with Crippen molar-refractivity contribution < 1.29 is 19.1 Å². The molecular formula is C30H29NO4S. The third kappa shape index (κ3) is 5.34. The third-order valence-electron chi connectivity index (χ3n) is 6.23. The number of ether oxygens (including phenoxy) is 2. The summed E-state index contributed by atoms with van der Waals surface area (Å²) in [5, 5.41) is 3.29. The van der Waals surface area contributed by atoms with E-state index >= 15 is 0 Å². The molecule has 4 rings (SSSR count). The zero-order chi connectivity index (χ0) is 25.7. The van der Waals surface area contributed by atoms with Crippen molar-refractivity contribution in [1.29, 1.82) is 0 Å². The summed E-state index contributed by atoms with van der Waals surface area (Å²) >= 11 is 1.34. The van der Waals surface area contributed by atoms with Crippen LogP contribution in [0.5, 0.6) is 5.75 Å². The zero-order valence-electron chi connectivity index (χ0n) is 20.8. The van der Waals surface area contributed by atoms with Crippen LogP contribution in [0, 0.1) is 6.92 Å². The number of methoxy groups -OCH3 is 1. The van der Waals surface area contributed by atoms with Crippen molar-refractivity contribution in [3.63, 3.8) is 0 Å². The molecule has 0 spiro atoms. The summed E-state index contributed by atoms with van der Waals surface area (Å²) in [7, 11) is 1.33. The number of anilines is 1. The molecule has 3 aromatic carbocycles. The Labute approximate surface area is 215 Å². The van der Waals surface area contributed by atoms with Crippen LogP contribution in [0.15, 0.2) is 84.9 Å². The number of amides is 1. The Hall–Kier alpha value is -3.90. The lowest BCUT2D eigenvalue weighted by atomic mass is 9.78. The van der Waals surface area contributed by atoms with E-state index in [9.17, 15) is 9.59 Å². The summed E-state index contributed by atoms with van der Waals surface area (Å²) in [6.07, 6.45) is 0. The predicted octanol–water partition coefficient (Wildman–Crippen LogP) is 6.85. The molecule has 1 N–H and O–H groups in total. The molecule has 0 aliphatic rings. The van der Waals surface area contributed by atoms with Gasteiger partial charge in [-0.15, -0.1) is 11.3 Å². The van der Waals surface area contributed by atoms with E-state index in [4.69, 9.17) is 9.47 Å². The summed E-state index contributed by atoms with van der Waals surface area (Å²) in [6, 6.07) is 27.7. The summed E-state index contributed by atoms with van der Waals surface area (Å²) in [6.45, 7) is 6.10. The molecule has 0 aliphatic heterocycles. The van der Waals surface area contributed by atoms with E-state index in [-0.39, 0.29) is 17.9 Å². The largest absolute Gasteiger partial charge is 0.484 e. The molecule has 36 heavy (non-hydrogen) atoms. The Morgan fingerprint density at radius 1 is 0.861 bits per heavy atom. The Morgan fingerprint density at radius 2 is 1.44 bits per heavy atom. The molecule has 5 nitrogen and oxygen atoms in total. The Kier molecular flexibility index (Phi) is 7.55. The molecule has 0 saturated heterocycles. The molecule has 0 bridgehead atoms. The number of aryl methyl sites for hydroxylation is 1. The Morgan fingerprint density at radius 3 is 2.06 bits per heavy atom. The molecule has 1 amide bonds. The molecule has 0 radical (unpaired) electrons. The first-order chi connectivity index (χ1) is 17.3. The number of thiophene rings is 1. The molecule has 0 atom stereocenters. The highest BCUT2D eigenvalue weighted by molar-refractivity contribution is 7.17. The van der Waals surface area contributed by atoms with E-state index < -0.39 is 5.97 Å². The minimum Gasteiger partial charge on any atom is -0.484 e. The van der Waals surface area contributed by atoms with Gasteiger partial charge in [-0.25, -0.2) is 4.79 Å². The van der Waals surface area contributed by atoms with Gasteiger partial charge in [0.1, 0.15) is 16.3 Å². The van der Waals surface area contributed by atoms with E-state index in [0.717, 1.165) is 21.6 Å². The molecule has 0 saturated carbocycles. The number of benzene rings is 3. The highest BCUT2D eigenvalue weighted by Crippen LogP contribution is 2.40. The normalized spacial score (nSPS) is 11.1. The maximum Gasteiger partial charge on any atom is 0.341 e. The second kappa shape index (κ2) is 10.8. The second-order valence-electron chi connectivity index (χ2n) is 8.95. The van der Waals surface area contributed by atoms with Gasteiger partial charge in [0, 0.05) is 15.9 Å². The van der Waals surface area contributed by atoms with Crippen molar-refractivity contribution in [2.45, 2.75) is 26.2 Å². The van der Waals surface area contributed by atoms with E-state index in [1.807, 2.05) is 79.7 Å². The van der Waals surface area contributed by atoms with Gasteiger partial charge in [0.05, 0.1) is 7.11 Å². The number of carbonyl (C=O) groups is 2. The fourth-order valence-corrected chi connectivity index (χ4v) is 5.26. The van der Waals surface area contributed by atoms with Crippen LogP contribution in [0.3, 0.4) is 0 Å². The van der Waals surface area contributed by atoms with Gasteiger partial charge in [0.2, 0.25) is 0 Å². The van der Waals surface area contributed by atoms with Gasteiger partial charge in [0.25, 0.3) is 5.91 Å². The van der Waals surface area contributed by atoms with Crippen LogP contribution >= 0.6 is 11.3 Å². The van der Waals surface area contributed by atoms with E-state index in [2.05, 4.69) is 31.3 Å². The molecular weight excluding hydrogens is 470 g/mol. The second-order valence-corrected chi connectivity index (χ2v) is 10.2. The Bertz CT molecular complexity index is 1340. The van der Waals surface area contributed by atoms with E-state index in [0.29, 0.717) is 16.3 Å². The topological polar surface area (TPSA) is 64.6 Å². The van der Waals surface area contributed by atoms with E-state index in [1.54, 1.807) is 0 Å². The first-order valence-corrected chi connectivity index (χ1v) is 12.5. The zero-order valence-corrected chi connectivity index (χ0v) is 21.6. The lowest BCUT2D eigenvalue weighted by molar-refractivity contribution is -0.118. The summed E-state index contributed by atoms with van der Waals surface area (Å²) in [4.78, 5) is 26.3. The van der Waals surface area contributed by atoms with Crippen molar-refractivity contribution in [2.24, 2.45) is 0 Å². The fraction of sp³-hybridized carbons (Fsp3) is 0.200. The number of carbonyl (C=O) groups excluding carboxylic acids is 2. The molecule has 184 valence electrons. The van der Waals surface area contributed by atoms with Crippen LogP contribution in [-0.2, 0) is 14.9 Å². The van der Waals surface area contributed by atoms with Crippen LogP contribution in [0.1, 0.15) is 40.2 Å². The molecule has 6 heteroatoms. The van der Waals surface area contributed by atoms with Gasteiger partial charge in [-0.3, -0.25) is 4.79 Å². The van der Waals surface area contributed by atoms with Crippen LogP contribution in [0.2, 0.25) is 0 Å². The van der Waals surface area contributed by atoms with E-state index in [1.165, 1.54) is 24.0 Å². The monoisotopic (exact) mass is 499 g/mol. The van der Waals surface area contributed by atoms with Crippen molar-refractivity contribution in [3.8, 4) is 16.9 Å². The molecule has 0 unspecified atom stereocenters. The minimum atomic E-state index is -0.494. The first kappa shape index (κ1) is 25.2. The average Bonchev–Trinajstić information content (AvgIpc) is 3.23. The van der Waals surface area contributed by atoms with Crippen LogP contribution < -0.4 is 10.1 Å². The molecule has 0 aliphatic carbocycles. The van der Waals surface area contributed by atoms with Gasteiger partial charge in [-0.05, 0) is 35.7 Å². The fourth-order valence-electron chi connectivity index (χ4n) is 4.18. The van der Waals surface area contributed by atoms with Crippen LogP contribution in [0.25, 0.3) is 11.1 Å². The summed E-state index contributed by atoms with van der Waals surface area (Å²) < 4.78 is 10.8. The number of rotatable bonds is 8. The quantitative estimate of drug-likeness (QED) is 0.269. The van der Waals surface area contributed by atoms with Crippen molar-refractivity contribution in [2.75, 3.05) is 19.0 Å². The highest BCUT2D eigenvalue weighted by atomic mass is 32.1. The molecule has 1 aromatic heterocycles.